The van der Waals surface area contributed by atoms with Gasteiger partial charge in [0.15, 0.2) is 0 Å². The lowest BCUT2D eigenvalue weighted by Crippen LogP contribution is -2.13. The van der Waals surface area contributed by atoms with Crippen molar-refractivity contribution in [2.75, 3.05) is 6.54 Å². The van der Waals surface area contributed by atoms with Gasteiger partial charge in [-0.2, -0.15) is 0 Å². The zero-order valence-corrected chi connectivity index (χ0v) is 8.43. The average Bonchev–Trinajstić information content (AvgIpc) is 2.16. The van der Waals surface area contributed by atoms with Crippen LogP contribution in [0.15, 0.2) is 18.2 Å². The van der Waals surface area contributed by atoms with Crippen LogP contribution < -0.4 is 5.32 Å². The fourth-order valence-electron chi connectivity index (χ4n) is 1.17. The molecule has 1 rings (SSSR count). The van der Waals surface area contributed by atoms with Gasteiger partial charge in [0.2, 0.25) is 0 Å². The molecule has 0 aliphatic rings. The molecule has 0 aliphatic carbocycles. The number of nitrogens with one attached hydrogen (secondary N) is 1. The van der Waals surface area contributed by atoms with Crippen molar-refractivity contribution in [3.8, 4) is 0 Å². The summed E-state index contributed by atoms with van der Waals surface area (Å²) in [6.45, 7) is 3.80. The largest absolute Gasteiger partial charge is 0.392 e. The monoisotopic (exact) mass is 199 g/mol. The number of benzene rings is 1. The van der Waals surface area contributed by atoms with E-state index in [1.54, 1.807) is 6.07 Å². The number of rotatable bonds is 4. The van der Waals surface area contributed by atoms with Gasteiger partial charge in [-0.1, -0.05) is 24.6 Å². The van der Waals surface area contributed by atoms with Crippen LogP contribution >= 0.6 is 11.6 Å². The van der Waals surface area contributed by atoms with Gasteiger partial charge in [0.25, 0.3) is 0 Å². The molecule has 0 atom stereocenters. The zero-order chi connectivity index (χ0) is 9.68. The van der Waals surface area contributed by atoms with Crippen molar-refractivity contribution in [1.82, 2.24) is 5.32 Å². The minimum Gasteiger partial charge on any atom is -0.392 e. The second-order valence-corrected chi connectivity index (χ2v) is 3.29. The van der Waals surface area contributed by atoms with Crippen molar-refractivity contribution in [3.05, 3.63) is 34.3 Å². The van der Waals surface area contributed by atoms with E-state index in [9.17, 15) is 0 Å². The third-order valence-corrected chi connectivity index (χ3v) is 2.14. The molecule has 0 amide bonds. The quantitative estimate of drug-likeness (QED) is 0.777. The van der Waals surface area contributed by atoms with Gasteiger partial charge in [-0.25, -0.2) is 0 Å². The van der Waals surface area contributed by atoms with Gasteiger partial charge in [-0.3, -0.25) is 0 Å². The first kappa shape index (κ1) is 10.5. The number of halogens is 1. The molecule has 0 aromatic heterocycles. The minimum absolute atomic E-state index is 0.0429. The van der Waals surface area contributed by atoms with Gasteiger partial charge in [0, 0.05) is 11.6 Å². The Balaban J connectivity index is 2.79. The second-order valence-electron chi connectivity index (χ2n) is 2.85. The molecule has 1 aromatic rings. The van der Waals surface area contributed by atoms with Crippen LogP contribution in [0.5, 0.6) is 0 Å². The Morgan fingerprint density at radius 3 is 2.77 bits per heavy atom. The fourth-order valence-corrected chi connectivity index (χ4v) is 1.37. The Hall–Kier alpha value is -0.570. The first-order chi connectivity index (χ1) is 6.27. The van der Waals surface area contributed by atoms with Gasteiger partial charge < -0.3 is 10.4 Å². The van der Waals surface area contributed by atoms with E-state index in [2.05, 4.69) is 12.2 Å². The van der Waals surface area contributed by atoms with Crippen LogP contribution in [-0.4, -0.2) is 11.7 Å². The summed E-state index contributed by atoms with van der Waals surface area (Å²) in [6.07, 6.45) is 0. The summed E-state index contributed by atoms with van der Waals surface area (Å²) in [5.41, 5.74) is 2.00. The van der Waals surface area contributed by atoms with E-state index >= 15 is 0 Å². The van der Waals surface area contributed by atoms with Gasteiger partial charge in [0.1, 0.15) is 0 Å². The van der Waals surface area contributed by atoms with E-state index in [4.69, 9.17) is 16.7 Å². The van der Waals surface area contributed by atoms with Crippen LogP contribution in [0.2, 0.25) is 5.02 Å². The van der Waals surface area contributed by atoms with Gasteiger partial charge in [0.05, 0.1) is 6.61 Å². The van der Waals surface area contributed by atoms with Gasteiger partial charge >= 0.3 is 0 Å². The van der Waals surface area contributed by atoms with Crippen molar-refractivity contribution in [3.63, 3.8) is 0 Å². The smallest absolute Gasteiger partial charge is 0.0685 e. The van der Waals surface area contributed by atoms with Crippen molar-refractivity contribution in [2.24, 2.45) is 0 Å². The van der Waals surface area contributed by atoms with E-state index in [0.29, 0.717) is 5.02 Å². The molecule has 0 unspecified atom stereocenters. The van der Waals surface area contributed by atoms with Crippen molar-refractivity contribution >= 4 is 11.6 Å². The molecule has 72 valence electrons. The maximum absolute atomic E-state index is 9.06. The molecule has 0 fully saturated rings. The molecule has 0 radical (unpaired) electrons. The minimum atomic E-state index is 0.0429. The summed E-state index contributed by atoms with van der Waals surface area (Å²) in [7, 11) is 0. The molecule has 13 heavy (non-hydrogen) atoms. The Bertz CT molecular complexity index is 276. The summed E-state index contributed by atoms with van der Waals surface area (Å²) in [5, 5.41) is 12.9. The topological polar surface area (TPSA) is 32.3 Å². The van der Waals surface area contributed by atoms with E-state index in [0.717, 1.165) is 24.2 Å². The summed E-state index contributed by atoms with van der Waals surface area (Å²) < 4.78 is 0. The lowest BCUT2D eigenvalue weighted by molar-refractivity contribution is 0.280. The number of hydrogen-bond donors (Lipinski definition) is 2. The van der Waals surface area contributed by atoms with Crippen LogP contribution in [0.4, 0.5) is 0 Å². The predicted molar refractivity (Wildman–Crippen MR) is 54.8 cm³/mol. The van der Waals surface area contributed by atoms with E-state index < -0.39 is 0 Å². The van der Waals surface area contributed by atoms with Crippen molar-refractivity contribution < 1.29 is 5.11 Å². The lowest BCUT2D eigenvalue weighted by Gasteiger charge is -2.07. The average molecular weight is 200 g/mol. The maximum atomic E-state index is 9.06. The van der Waals surface area contributed by atoms with Crippen LogP contribution in [0.3, 0.4) is 0 Å². The van der Waals surface area contributed by atoms with Crippen LogP contribution in [0.1, 0.15) is 18.1 Å². The van der Waals surface area contributed by atoms with E-state index in [1.165, 1.54) is 0 Å². The Labute approximate surface area is 83.5 Å². The molecule has 0 spiro atoms. The molecular formula is C10H14ClNO. The number of hydrogen-bond acceptors (Lipinski definition) is 2. The Morgan fingerprint density at radius 2 is 2.15 bits per heavy atom. The summed E-state index contributed by atoms with van der Waals surface area (Å²) in [5.74, 6) is 0. The molecule has 0 aliphatic heterocycles. The standard InChI is InChI=1S/C10H14ClNO/c1-2-12-6-8-3-4-10(11)5-9(8)7-13/h3-5,12-13H,2,6-7H2,1H3. The summed E-state index contributed by atoms with van der Waals surface area (Å²) in [4.78, 5) is 0. The highest BCUT2D eigenvalue weighted by Gasteiger charge is 2.01. The molecule has 0 bridgehead atoms. The van der Waals surface area contributed by atoms with Crippen LogP contribution in [-0.2, 0) is 13.2 Å². The molecular weight excluding hydrogens is 186 g/mol. The first-order valence-electron chi connectivity index (χ1n) is 4.36. The van der Waals surface area contributed by atoms with Gasteiger partial charge in [-0.05, 0) is 29.8 Å². The SMILES string of the molecule is CCNCc1ccc(Cl)cc1CO. The normalized spacial score (nSPS) is 10.4. The molecule has 0 saturated carbocycles. The number of aliphatic hydroxyl groups is 1. The van der Waals surface area contributed by atoms with Crippen LogP contribution in [0, 0.1) is 0 Å². The van der Waals surface area contributed by atoms with E-state index in [-0.39, 0.29) is 6.61 Å². The number of aliphatic hydroxyl groups excluding tert-OH is 1. The highest BCUT2D eigenvalue weighted by atomic mass is 35.5. The molecule has 2 nitrogen and oxygen atoms in total. The maximum Gasteiger partial charge on any atom is 0.0685 e. The second kappa shape index (κ2) is 5.22. The van der Waals surface area contributed by atoms with Crippen LogP contribution in [0.25, 0.3) is 0 Å². The molecule has 0 saturated heterocycles. The first-order valence-corrected chi connectivity index (χ1v) is 4.74. The highest BCUT2D eigenvalue weighted by molar-refractivity contribution is 6.30. The lowest BCUT2D eigenvalue weighted by atomic mass is 10.1. The molecule has 3 heteroatoms. The predicted octanol–water partition coefficient (Wildman–Crippen LogP) is 1.94. The van der Waals surface area contributed by atoms with Crippen molar-refractivity contribution in [1.29, 1.82) is 0 Å². The third kappa shape index (κ3) is 2.99. The highest BCUT2D eigenvalue weighted by Crippen LogP contribution is 2.15. The Kier molecular flexibility index (Phi) is 4.22. The summed E-state index contributed by atoms with van der Waals surface area (Å²) >= 11 is 5.80. The molecule has 2 N–H and O–H groups in total. The van der Waals surface area contributed by atoms with E-state index in [1.807, 2.05) is 12.1 Å². The summed E-state index contributed by atoms with van der Waals surface area (Å²) in [6, 6.07) is 5.58. The molecule has 0 heterocycles. The van der Waals surface area contributed by atoms with Crippen molar-refractivity contribution in [2.45, 2.75) is 20.1 Å². The van der Waals surface area contributed by atoms with Gasteiger partial charge in [-0.15, -0.1) is 0 Å². The zero-order valence-electron chi connectivity index (χ0n) is 7.68. The fraction of sp³-hybridized carbons (Fsp3) is 0.400. The Morgan fingerprint density at radius 1 is 1.38 bits per heavy atom. The molecule has 1 aromatic carbocycles. The third-order valence-electron chi connectivity index (χ3n) is 1.90.